The first-order valence-corrected chi connectivity index (χ1v) is 6.43. The first kappa shape index (κ1) is 12.9. The van der Waals surface area contributed by atoms with Crippen LogP contribution >= 0.6 is 0 Å². The number of fused-ring (bicyclic) bond motifs is 1. The van der Waals surface area contributed by atoms with E-state index in [1.54, 1.807) is 0 Å². The number of oxime groups is 1. The number of hydrogen-bond donors (Lipinski definition) is 2. The third-order valence-electron chi connectivity index (χ3n) is 3.22. The minimum Gasteiger partial charge on any atom is -0.493 e. The molecule has 0 saturated carbocycles. The number of aliphatic hydroxyl groups excluding tert-OH is 1. The molecule has 1 aliphatic rings. The first-order valence-electron chi connectivity index (χ1n) is 6.43. The molecule has 2 rings (SSSR count). The van der Waals surface area contributed by atoms with Gasteiger partial charge < -0.3 is 15.1 Å². The van der Waals surface area contributed by atoms with E-state index < -0.39 is 0 Å². The maximum absolute atomic E-state index is 8.99. The predicted molar refractivity (Wildman–Crippen MR) is 69.5 cm³/mol. The van der Waals surface area contributed by atoms with Gasteiger partial charge in [0.05, 0.1) is 12.3 Å². The Bertz CT molecular complexity index is 429. The van der Waals surface area contributed by atoms with Crippen molar-refractivity contribution in [1.29, 1.82) is 0 Å². The lowest BCUT2D eigenvalue weighted by Gasteiger charge is -2.20. The average Bonchev–Trinajstić information content (AvgIpc) is 2.43. The lowest BCUT2D eigenvalue weighted by atomic mass is 9.89. The van der Waals surface area contributed by atoms with Crippen molar-refractivity contribution in [3.05, 3.63) is 29.3 Å². The molecule has 4 nitrogen and oxygen atoms in total. The molecule has 1 aromatic carbocycles. The van der Waals surface area contributed by atoms with Crippen LogP contribution < -0.4 is 4.74 Å². The topological polar surface area (TPSA) is 62.0 Å². The van der Waals surface area contributed by atoms with E-state index >= 15 is 0 Å². The summed E-state index contributed by atoms with van der Waals surface area (Å²) in [5.74, 6) is 0.881. The second-order valence-corrected chi connectivity index (χ2v) is 4.46. The van der Waals surface area contributed by atoms with Crippen LogP contribution in [0.15, 0.2) is 23.4 Å². The smallest absolute Gasteiger partial charge is 0.123 e. The molecular formula is C14H19NO3. The number of benzene rings is 1. The zero-order chi connectivity index (χ0) is 12.8. The van der Waals surface area contributed by atoms with Crippen LogP contribution in [0.1, 0.15) is 36.8 Å². The Hall–Kier alpha value is -1.55. The van der Waals surface area contributed by atoms with Gasteiger partial charge in [0.2, 0.25) is 0 Å². The Balaban J connectivity index is 2.12. The summed E-state index contributed by atoms with van der Waals surface area (Å²) in [7, 11) is 0. The van der Waals surface area contributed by atoms with Crippen LogP contribution in [0.2, 0.25) is 0 Å². The molecular weight excluding hydrogens is 230 g/mol. The van der Waals surface area contributed by atoms with Crippen molar-refractivity contribution in [2.45, 2.75) is 32.1 Å². The highest BCUT2D eigenvalue weighted by atomic mass is 16.5. The minimum atomic E-state index is 0.206. The fourth-order valence-electron chi connectivity index (χ4n) is 2.30. The highest BCUT2D eigenvalue weighted by Gasteiger charge is 2.19. The molecule has 0 fully saturated rings. The van der Waals surface area contributed by atoms with E-state index in [1.807, 2.05) is 18.2 Å². The SMILES string of the molecule is OCCCCOc1cccc2c1CCCC2=NO. The van der Waals surface area contributed by atoms with Gasteiger partial charge in [-0.2, -0.15) is 0 Å². The Morgan fingerprint density at radius 3 is 2.89 bits per heavy atom. The van der Waals surface area contributed by atoms with E-state index in [4.69, 9.17) is 15.1 Å². The van der Waals surface area contributed by atoms with Gasteiger partial charge in [0.1, 0.15) is 5.75 Å². The van der Waals surface area contributed by atoms with Crippen LogP contribution in [0.5, 0.6) is 5.75 Å². The molecule has 0 aromatic heterocycles. The highest BCUT2D eigenvalue weighted by Crippen LogP contribution is 2.30. The highest BCUT2D eigenvalue weighted by molar-refractivity contribution is 6.02. The Morgan fingerprint density at radius 2 is 2.11 bits per heavy atom. The summed E-state index contributed by atoms with van der Waals surface area (Å²) in [5.41, 5.74) is 2.89. The van der Waals surface area contributed by atoms with Crippen LogP contribution in [0.4, 0.5) is 0 Å². The lowest BCUT2D eigenvalue weighted by Crippen LogP contribution is -2.13. The number of aliphatic hydroxyl groups is 1. The fraction of sp³-hybridized carbons (Fsp3) is 0.500. The molecule has 18 heavy (non-hydrogen) atoms. The first-order chi connectivity index (χ1) is 8.86. The fourth-order valence-corrected chi connectivity index (χ4v) is 2.30. The number of unbranched alkanes of at least 4 members (excludes halogenated alkanes) is 1. The molecule has 98 valence electrons. The summed E-state index contributed by atoms with van der Waals surface area (Å²) in [6, 6.07) is 5.86. The summed E-state index contributed by atoms with van der Waals surface area (Å²) < 4.78 is 5.75. The van der Waals surface area contributed by atoms with Gasteiger partial charge in [0, 0.05) is 17.7 Å². The van der Waals surface area contributed by atoms with Gasteiger partial charge in [-0.05, 0) is 38.2 Å². The van der Waals surface area contributed by atoms with Crippen molar-refractivity contribution in [1.82, 2.24) is 0 Å². The molecule has 0 aliphatic heterocycles. The second-order valence-electron chi connectivity index (χ2n) is 4.46. The quantitative estimate of drug-likeness (QED) is 0.478. The van der Waals surface area contributed by atoms with Gasteiger partial charge in [-0.15, -0.1) is 0 Å². The molecule has 4 heteroatoms. The molecule has 0 bridgehead atoms. The van der Waals surface area contributed by atoms with Gasteiger partial charge in [0.15, 0.2) is 0 Å². The molecule has 0 spiro atoms. The summed E-state index contributed by atoms with van der Waals surface area (Å²) >= 11 is 0. The van der Waals surface area contributed by atoms with Gasteiger partial charge >= 0.3 is 0 Å². The van der Waals surface area contributed by atoms with Crippen molar-refractivity contribution < 1.29 is 15.1 Å². The van der Waals surface area contributed by atoms with Crippen LogP contribution in [-0.4, -0.2) is 29.2 Å². The zero-order valence-corrected chi connectivity index (χ0v) is 10.4. The lowest BCUT2D eigenvalue weighted by molar-refractivity contribution is 0.252. The molecule has 0 heterocycles. The number of ether oxygens (including phenoxy) is 1. The summed E-state index contributed by atoms with van der Waals surface area (Å²) in [6.07, 6.45) is 4.38. The minimum absolute atomic E-state index is 0.206. The molecule has 0 amide bonds. The van der Waals surface area contributed by atoms with Gasteiger partial charge in [0.25, 0.3) is 0 Å². The largest absolute Gasteiger partial charge is 0.493 e. The van der Waals surface area contributed by atoms with Crippen LogP contribution in [0.3, 0.4) is 0 Å². The Labute approximate surface area is 107 Å². The van der Waals surface area contributed by atoms with Crippen molar-refractivity contribution in [2.24, 2.45) is 5.16 Å². The molecule has 1 aromatic rings. The molecule has 0 unspecified atom stereocenters. The summed E-state index contributed by atoms with van der Waals surface area (Å²) in [6.45, 7) is 0.820. The van der Waals surface area contributed by atoms with E-state index in [2.05, 4.69) is 5.16 Å². The van der Waals surface area contributed by atoms with Gasteiger partial charge in [-0.1, -0.05) is 17.3 Å². The maximum atomic E-state index is 8.99. The van der Waals surface area contributed by atoms with Crippen molar-refractivity contribution in [2.75, 3.05) is 13.2 Å². The summed E-state index contributed by atoms with van der Waals surface area (Å²) in [5, 5.41) is 21.1. The molecule has 0 atom stereocenters. The number of nitrogens with zero attached hydrogens (tertiary/aromatic N) is 1. The predicted octanol–water partition coefficient (Wildman–Crippen LogP) is 2.35. The molecule has 0 radical (unpaired) electrons. The van der Waals surface area contributed by atoms with Crippen molar-refractivity contribution in [3.63, 3.8) is 0 Å². The normalized spacial score (nSPS) is 16.6. The Morgan fingerprint density at radius 1 is 1.22 bits per heavy atom. The monoisotopic (exact) mass is 249 g/mol. The zero-order valence-electron chi connectivity index (χ0n) is 10.4. The van der Waals surface area contributed by atoms with Gasteiger partial charge in [-0.25, -0.2) is 0 Å². The van der Waals surface area contributed by atoms with Gasteiger partial charge in [-0.3, -0.25) is 0 Å². The second kappa shape index (κ2) is 6.40. The van der Waals surface area contributed by atoms with Crippen molar-refractivity contribution in [3.8, 4) is 5.75 Å². The standard InChI is InChI=1S/C14H19NO3/c16-9-1-2-10-18-14-8-4-5-11-12(14)6-3-7-13(11)15-17/h4-5,8,16-17H,1-3,6-7,9-10H2. The van der Waals surface area contributed by atoms with E-state index in [1.165, 1.54) is 0 Å². The number of rotatable bonds is 5. The summed E-state index contributed by atoms with van der Waals surface area (Å²) in [4.78, 5) is 0. The third-order valence-corrected chi connectivity index (χ3v) is 3.22. The molecule has 0 saturated heterocycles. The third kappa shape index (κ3) is 2.82. The van der Waals surface area contributed by atoms with E-state index in [0.717, 1.165) is 54.7 Å². The average molecular weight is 249 g/mol. The molecule has 1 aliphatic carbocycles. The van der Waals surface area contributed by atoms with Crippen LogP contribution in [0, 0.1) is 0 Å². The van der Waals surface area contributed by atoms with E-state index in [-0.39, 0.29) is 6.61 Å². The molecule has 2 N–H and O–H groups in total. The Kier molecular flexibility index (Phi) is 4.59. The number of hydrogen-bond acceptors (Lipinski definition) is 4. The van der Waals surface area contributed by atoms with Crippen molar-refractivity contribution >= 4 is 5.71 Å². The van der Waals surface area contributed by atoms with E-state index in [9.17, 15) is 0 Å². The van der Waals surface area contributed by atoms with Crippen LogP contribution in [-0.2, 0) is 6.42 Å². The maximum Gasteiger partial charge on any atom is 0.123 e. The van der Waals surface area contributed by atoms with Crippen LogP contribution in [0.25, 0.3) is 0 Å². The van der Waals surface area contributed by atoms with E-state index in [0.29, 0.717) is 6.61 Å².